The van der Waals surface area contributed by atoms with Gasteiger partial charge in [0.1, 0.15) is 18.0 Å². The van der Waals surface area contributed by atoms with Crippen molar-refractivity contribution >= 4 is 22.0 Å². The molecule has 3 amide bonds. The van der Waals surface area contributed by atoms with Gasteiger partial charge < -0.3 is 14.7 Å². The van der Waals surface area contributed by atoms with Gasteiger partial charge >= 0.3 is 6.03 Å². The van der Waals surface area contributed by atoms with E-state index in [0.717, 1.165) is 0 Å². The fraction of sp³-hybridized carbons (Fsp3) is 0.600. The summed E-state index contributed by atoms with van der Waals surface area (Å²) in [6.45, 7) is 1.24. The first-order valence-corrected chi connectivity index (χ1v) is 12.0. The molecule has 1 heterocycles. The lowest BCUT2D eigenvalue weighted by Gasteiger charge is -2.28. The standard InChI is InChI=1S/C20H29F2N3O6S/c1-2-20(28,15-6-5-7-16(12-15)31-13-17(21)22)14-23-32(29,30)11-4-3-9-25-10-8-18(26)24-19(25)27/h5-7,12,17,23,28H,2-4,8-11,13-14H2,1H3,(H,24,26,27)/t20-/m1/s1. The predicted octanol–water partition coefficient (Wildman–Crippen LogP) is 1.57. The van der Waals surface area contributed by atoms with Crippen LogP contribution in [0.2, 0.25) is 0 Å². The number of alkyl halides is 2. The zero-order valence-corrected chi connectivity index (χ0v) is 18.7. The first-order valence-electron chi connectivity index (χ1n) is 10.3. The number of unbranched alkanes of at least 4 members (excludes halogenated alkanes) is 1. The number of aliphatic hydroxyl groups is 1. The molecule has 0 unspecified atom stereocenters. The minimum atomic E-state index is -3.70. The summed E-state index contributed by atoms with van der Waals surface area (Å²) in [5.74, 6) is -0.368. The Morgan fingerprint density at radius 1 is 1.31 bits per heavy atom. The Hall–Kier alpha value is -2.31. The third-order valence-electron chi connectivity index (χ3n) is 5.15. The Bertz CT molecular complexity index is 899. The number of carbonyl (C=O) groups excluding carboxylic acids is 2. The maximum absolute atomic E-state index is 12.4. The van der Waals surface area contributed by atoms with Gasteiger partial charge in [0.25, 0.3) is 6.43 Å². The van der Waals surface area contributed by atoms with Crippen molar-refractivity contribution in [1.82, 2.24) is 14.9 Å². The molecule has 180 valence electrons. The number of hydrogen-bond donors (Lipinski definition) is 3. The van der Waals surface area contributed by atoms with Gasteiger partial charge in [-0.05, 0) is 37.0 Å². The van der Waals surface area contributed by atoms with Crippen LogP contribution in [0, 0.1) is 0 Å². The quantitative estimate of drug-likeness (QED) is 0.371. The highest BCUT2D eigenvalue weighted by Crippen LogP contribution is 2.28. The summed E-state index contributed by atoms with van der Waals surface area (Å²) in [6.07, 6.45) is -1.52. The minimum absolute atomic E-state index is 0.154. The van der Waals surface area contributed by atoms with Crippen LogP contribution in [0.4, 0.5) is 13.6 Å². The van der Waals surface area contributed by atoms with E-state index in [-0.39, 0.29) is 43.2 Å². The van der Waals surface area contributed by atoms with Gasteiger partial charge in [-0.2, -0.15) is 0 Å². The molecule has 1 aromatic rings. The second kappa shape index (κ2) is 11.5. The van der Waals surface area contributed by atoms with Crippen molar-refractivity contribution in [1.29, 1.82) is 0 Å². The summed E-state index contributed by atoms with van der Waals surface area (Å²) in [5, 5.41) is 13.1. The van der Waals surface area contributed by atoms with Crippen LogP contribution in [0.15, 0.2) is 24.3 Å². The number of nitrogens with one attached hydrogen (secondary N) is 2. The highest BCUT2D eigenvalue weighted by atomic mass is 32.2. The van der Waals surface area contributed by atoms with E-state index >= 15 is 0 Å². The number of halogens is 2. The average molecular weight is 478 g/mol. The largest absolute Gasteiger partial charge is 0.488 e. The summed E-state index contributed by atoms with van der Waals surface area (Å²) in [6, 6.07) is 5.52. The van der Waals surface area contributed by atoms with Crippen LogP contribution in [-0.2, 0) is 20.4 Å². The van der Waals surface area contributed by atoms with Crippen LogP contribution in [0.25, 0.3) is 0 Å². The monoisotopic (exact) mass is 477 g/mol. The predicted molar refractivity (Wildman–Crippen MR) is 113 cm³/mol. The summed E-state index contributed by atoms with van der Waals surface area (Å²) in [5.41, 5.74) is -1.20. The van der Waals surface area contributed by atoms with Crippen molar-refractivity contribution in [3.05, 3.63) is 29.8 Å². The van der Waals surface area contributed by atoms with Crippen LogP contribution < -0.4 is 14.8 Å². The number of imide groups is 1. The molecule has 1 aliphatic rings. The van der Waals surface area contributed by atoms with Crippen molar-refractivity contribution < 1.29 is 36.6 Å². The lowest BCUT2D eigenvalue weighted by molar-refractivity contribution is -0.121. The molecule has 1 aromatic carbocycles. The molecule has 1 aliphatic heterocycles. The van der Waals surface area contributed by atoms with Crippen LogP contribution >= 0.6 is 0 Å². The van der Waals surface area contributed by atoms with Crippen molar-refractivity contribution in [3.63, 3.8) is 0 Å². The molecule has 9 nitrogen and oxygen atoms in total. The highest BCUT2D eigenvalue weighted by molar-refractivity contribution is 7.89. The fourth-order valence-corrected chi connectivity index (χ4v) is 4.36. The minimum Gasteiger partial charge on any atom is -0.488 e. The van der Waals surface area contributed by atoms with Crippen molar-refractivity contribution in [3.8, 4) is 5.75 Å². The van der Waals surface area contributed by atoms with Gasteiger partial charge in [-0.1, -0.05) is 19.1 Å². The molecule has 0 spiro atoms. The maximum Gasteiger partial charge on any atom is 0.324 e. The molecule has 1 saturated heterocycles. The third-order valence-corrected chi connectivity index (χ3v) is 6.56. The number of nitrogens with zero attached hydrogens (tertiary/aromatic N) is 1. The number of carbonyl (C=O) groups is 2. The molecule has 0 radical (unpaired) electrons. The Kier molecular flexibility index (Phi) is 9.34. The number of benzene rings is 1. The fourth-order valence-electron chi connectivity index (χ4n) is 3.17. The number of urea groups is 1. The Morgan fingerprint density at radius 2 is 2.06 bits per heavy atom. The number of amides is 3. The van der Waals surface area contributed by atoms with E-state index < -0.39 is 34.7 Å². The lowest BCUT2D eigenvalue weighted by atomic mass is 9.91. The first-order chi connectivity index (χ1) is 15.0. The van der Waals surface area contributed by atoms with Gasteiger partial charge in [-0.25, -0.2) is 26.7 Å². The van der Waals surface area contributed by atoms with Crippen molar-refractivity contribution in [2.75, 3.05) is 32.0 Å². The van der Waals surface area contributed by atoms with Gasteiger partial charge in [0, 0.05) is 26.1 Å². The van der Waals surface area contributed by atoms with Crippen LogP contribution in [0.1, 0.15) is 38.2 Å². The summed E-state index contributed by atoms with van der Waals surface area (Å²) < 4.78 is 56.8. The smallest absolute Gasteiger partial charge is 0.324 e. The molecule has 1 fully saturated rings. The molecular weight excluding hydrogens is 448 g/mol. The zero-order chi connectivity index (χ0) is 23.8. The average Bonchev–Trinajstić information content (AvgIpc) is 2.75. The normalized spacial score (nSPS) is 16.7. The molecule has 3 N–H and O–H groups in total. The Labute approximate surface area is 186 Å². The number of rotatable bonds is 13. The van der Waals surface area contributed by atoms with E-state index in [9.17, 15) is 31.9 Å². The van der Waals surface area contributed by atoms with Crippen LogP contribution in [-0.4, -0.2) is 68.8 Å². The Balaban J connectivity index is 1.85. The second-order valence-corrected chi connectivity index (χ2v) is 9.48. The number of sulfonamides is 1. The van der Waals surface area contributed by atoms with Gasteiger partial charge in [0.05, 0.1) is 5.75 Å². The molecule has 1 atom stereocenters. The first kappa shape index (κ1) is 25.9. The number of hydrogen-bond acceptors (Lipinski definition) is 6. The third kappa shape index (κ3) is 7.99. The molecule has 0 aliphatic carbocycles. The second-order valence-electron chi connectivity index (χ2n) is 7.55. The SMILES string of the molecule is CC[C@@](O)(CNS(=O)(=O)CCCCN1CCC(=O)NC1=O)c1cccc(OCC(F)F)c1. The van der Waals surface area contributed by atoms with E-state index in [1.807, 2.05) is 0 Å². The molecule has 0 saturated carbocycles. The van der Waals surface area contributed by atoms with E-state index in [4.69, 9.17) is 4.74 Å². The topological polar surface area (TPSA) is 125 Å². The number of ether oxygens (including phenoxy) is 1. The molecular formula is C20H29F2N3O6S. The summed E-state index contributed by atoms with van der Waals surface area (Å²) >= 11 is 0. The van der Waals surface area contributed by atoms with Crippen molar-refractivity contribution in [2.45, 2.75) is 44.6 Å². The highest BCUT2D eigenvalue weighted by Gasteiger charge is 2.29. The van der Waals surface area contributed by atoms with E-state index in [0.29, 0.717) is 25.1 Å². The summed E-state index contributed by atoms with van der Waals surface area (Å²) in [4.78, 5) is 24.3. The Morgan fingerprint density at radius 3 is 2.72 bits per heavy atom. The van der Waals surface area contributed by atoms with E-state index in [2.05, 4.69) is 10.0 Å². The van der Waals surface area contributed by atoms with Gasteiger partial charge in [0.2, 0.25) is 15.9 Å². The van der Waals surface area contributed by atoms with Crippen molar-refractivity contribution in [2.24, 2.45) is 0 Å². The van der Waals surface area contributed by atoms with Crippen LogP contribution in [0.5, 0.6) is 5.75 Å². The molecule has 0 bridgehead atoms. The van der Waals surface area contributed by atoms with E-state index in [1.165, 1.54) is 23.1 Å². The van der Waals surface area contributed by atoms with Crippen LogP contribution in [0.3, 0.4) is 0 Å². The molecule has 2 rings (SSSR count). The van der Waals surface area contributed by atoms with E-state index in [1.54, 1.807) is 13.0 Å². The zero-order valence-electron chi connectivity index (χ0n) is 17.9. The molecule has 32 heavy (non-hydrogen) atoms. The maximum atomic E-state index is 12.4. The van der Waals surface area contributed by atoms with Gasteiger partial charge in [-0.15, -0.1) is 0 Å². The molecule has 12 heteroatoms. The summed E-state index contributed by atoms with van der Waals surface area (Å²) in [7, 11) is -3.70. The van der Waals surface area contributed by atoms with Gasteiger partial charge in [-0.3, -0.25) is 10.1 Å². The van der Waals surface area contributed by atoms with Gasteiger partial charge in [0.15, 0.2) is 0 Å². The molecule has 0 aromatic heterocycles. The lowest BCUT2D eigenvalue weighted by Crippen LogP contribution is -2.49.